The third-order valence-corrected chi connectivity index (χ3v) is 5.59. The van der Waals surface area contributed by atoms with Gasteiger partial charge in [-0.1, -0.05) is 0 Å². The van der Waals surface area contributed by atoms with Crippen molar-refractivity contribution < 1.29 is 8.42 Å². The fraction of sp³-hybridized carbons (Fsp3) is 0.769. The smallest absolute Gasteiger partial charge is 0.269 e. The zero-order valence-electron chi connectivity index (χ0n) is 12.5. The van der Waals surface area contributed by atoms with Gasteiger partial charge in [0.25, 0.3) is 10.2 Å². The number of hydrogen-bond donors (Lipinski definition) is 1. The van der Waals surface area contributed by atoms with Gasteiger partial charge in [0.05, 0.1) is 5.69 Å². The molecular formula is C13H24N4O2S. The van der Waals surface area contributed by atoms with E-state index in [9.17, 15) is 8.42 Å². The van der Waals surface area contributed by atoms with Crippen molar-refractivity contribution in [2.24, 2.45) is 0 Å². The Balaban J connectivity index is 1.80. The van der Waals surface area contributed by atoms with E-state index < -0.39 is 10.2 Å². The first kappa shape index (κ1) is 15.5. The molecule has 0 saturated carbocycles. The maximum atomic E-state index is 12.0. The Kier molecular flexibility index (Phi) is 4.82. The average molecular weight is 300 g/mol. The van der Waals surface area contributed by atoms with E-state index >= 15 is 0 Å². The summed E-state index contributed by atoms with van der Waals surface area (Å²) in [7, 11) is -3.27. The minimum absolute atomic E-state index is 0.455. The second-order valence-electron chi connectivity index (χ2n) is 5.38. The van der Waals surface area contributed by atoms with Crippen molar-refractivity contribution in [3.63, 3.8) is 0 Å². The molecule has 6 nitrogen and oxygen atoms in total. The summed E-state index contributed by atoms with van der Waals surface area (Å²) in [5.74, 6) is 0. The van der Waals surface area contributed by atoms with Gasteiger partial charge in [0.1, 0.15) is 0 Å². The molecule has 0 bridgehead atoms. The molecule has 20 heavy (non-hydrogen) atoms. The molecule has 114 valence electrons. The summed E-state index contributed by atoms with van der Waals surface area (Å²) in [5, 5.41) is 4.45. The molecule has 7 heteroatoms. The number of aryl methyl sites for hydroxylation is 2. The Morgan fingerprint density at radius 3 is 2.40 bits per heavy atom. The van der Waals surface area contributed by atoms with E-state index in [1.54, 1.807) is 0 Å². The normalized spacial score (nSPS) is 16.9. The first-order valence-electron chi connectivity index (χ1n) is 7.17. The van der Waals surface area contributed by atoms with Crippen molar-refractivity contribution in [1.82, 2.24) is 18.8 Å². The minimum atomic E-state index is -3.27. The zero-order valence-corrected chi connectivity index (χ0v) is 13.3. The molecule has 0 atom stereocenters. The molecule has 1 saturated heterocycles. The van der Waals surface area contributed by atoms with E-state index in [-0.39, 0.29) is 0 Å². The standard InChI is InChI=1S/C13H24N4O2S/c1-11-12(2)15-17(13(11)3)10-6-7-14-20(18,19)16-8-4-5-9-16/h14H,4-10H2,1-3H3. The van der Waals surface area contributed by atoms with Gasteiger partial charge >= 0.3 is 0 Å². The SMILES string of the molecule is Cc1nn(CCCNS(=O)(=O)N2CCCC2)c(C)c1C. The van der Waals surface area contributed by atoms with Crippen LogP contribution in [0.3, 0.4) is 0 Å². The summed E-state index contributed by atoms with van der Waals surface area (Å²) in [6.45, 7) is 8.58. The Bertz CT molecular complexity index is 559. The van der Waals surface area contributed by atoms with Crippen LogP contribution < -0.4 is 4.72 Å². The molecule has 1 aliphatic rings. The Morgan fingerprint density at radius 2 is 1.85 bits per heavy atom. The van der Waals surface area contributed by atoms with Gasteiger partial charge < -0.3 is 0 Å². The summed E-state index contributed by atoms with van der Waals surface area (Å²) in [6.07, 6.45) is 2.67. The highest BCUT2D eigenvalue weighted by molar-refractivity contribution is 7.87. The van der Waals surface area contributed by atoms with E-state index in [1.807, 2.05) is 18.5 Å². The van der Waals surface area contributed by atoms with Gasteiger partial charge in [0.2, 0.25) is 0 Å². The van der Waals surface area contributed by atoms with E-state index in [1.165, 1.54) is 9.87 Å². The van der Waals surface area contributed by atoms with Crippen molar-refractivity contribution in [2.75, 3.05) is 19.6 Å². The largest absolute Gasteiger partial charge is 0.279 e. The van der Waals surface area contributed by atoms with Gasteiger partial charge in [-0.25, -0.2) is 4.72 Å². The predicted octanol–water partition coefficient (Wildman–Crippen LogP) is 1.13. The molecule has 0 amide bonds. The van der Waals surface area contributed by atoms with Crippen LogP contribution in [0, 0.1) is 20.8 Å². The first-order chi connectivity index (χ1) is 9.42. The molecule has 1 fully saturated rings. The highest BCUT2D eigenvalue weighted by atomic mass is 32.2. The van der Waals surface area contributed by atoms with Gasteiger partial charge in [0.15, 0.2) is 0 Å². The van der Waals surface area contributed by atoms with Crippen molar-refractivity contribution in [3.8, 4) is 0 Å². The van der Waals surface area contributed by atoms with Crippen LogP contribution in [-0.4, -0.2) is 42.1 Å². The Labute approximate surface area is 121 Å². The topological polar surface area (TPSA) is 67.2 Å². The minimum Gasteiger partial charge on any atom is -0.269 e. The fourth-order valence-corrected chi connectivity index (χ4v) is 3.78. The van der Waals surface area contributed by atoms with Crippen LogP contribution >= 0.6 is 0 Å². The summed E-state index contributed by atoms with van der Waals surface area (Å²) in [5.41, 5.74) is 3.41. The lowest BCUT2D eigenvalue weighted by molar-refractivity contribution is 0.460. The van der Waals surface area contributed by atoms with Crippen LogP contribution in [0.4, 0.5) is 0 Å². The van der Waals surface area contributed by atoms with Crippen LogP contribution in [0.25, 0.3) is 0 Å². The number of nitrogens with one attached hydrogen (secondary N) is 1. The van der Waals surface area contributed by atoms with Crippen LogP contribution in [0.5, 0.6) is 0 Å². The van der Waals surface area contributed by atoms with E-state index in [4.69, 9.17) is 0 Å². The first-order valence-corrected chi connectivity index (χ1v) is 8.61. The molecule has 1 aliphatic heterocycles. The van der Waals surface area contributed by atoms with E-state index in [0.29, 0.717) is 19.6 Å². The van der Waals surface area contributed by atoms with Gasteiger partial charge in [-0.15, -0.1) is 0 Å². The lowest BCUT2D eigenvalue weighted by atomic mass is 10.2. The quantitative estimate of drug-likeness (QED) is 0.801. The third kappa shape index (κ3) is 3.39. The molecule has 0 aliphatic carbocycles. The number of hydrogen-bond acceptors (Lipinski definition) is 3. The number of rotatable bonds is 6. The molecule has 1 N–H and O–H groups in total. The number of aromatic nitrogens is 2. The van der Waals surface area contributed by atoms with Crippen molar-refractivity contribution in [1.29, 1.82) is 0 Å². The molecule has 1 aromatic rings. The zero-order chi connectivity index (χ0) is 14.8. The molecule has 1 aromatic heterocycles. The monoisotopic (exact) mass is 300 g/mol. The lowest BCUT2D eigenvalue weighted by Gasteiger charge is -2.16. The van der Waals surface area contributed by atoms with Gasteiger partial charge in [-0.05, 0) is 45.6 Å². The molecule has 0 spiro atoms. The summed E-state index contributed by atoms with van der Waals surface area (Å²) < 4.78 is 30.1. The highest BCUT2D eigenvalue weighted by Gasteiger charge is 2.24. The highest BCUT2D eigenvalue weighted by Crippen LogP contribution is 2.12. The molecule has 2 rings (SSSR count). The maximum absolute atomic E-state index is 12.0. The van der Waals surface area contributed by atoms with Crippen molar-refractivity contribution in [3.05, 3.63) is 17.0 Å². The second-order valence-corrected chi connectivity index (χ2v) is 7.13. The predicted molar refractivity (Wildman–Crippen MR) is 78.8 cm³/mol. The molecule has 0 unspecified atom stereocenters. The van der Waals surface area contributed by atoms with Crippen LogP contribution in [0.1, 0.15) is 36.2 Å². The Hall–Kier alpha value is -0.920. The maximum Gasteiger partial charge on any atom is 0.279 e. The molecule has 0 aromatic carbocycles. The fourth-order valence-electron chi connectivity index (χ4n) is 2.45. The Morgan fingerprint density at radius 1 is 1.20 bits per heavy atom. The van der Waals surface area contributed by atoms with Gasteiger partial charge in [0, 0.05) is 31.9 Å². The van der Waals surface area contributed by atoms with Crippen molar-refractivity contribution >= 4 is 10.2 Å². The molecular weight excluding hydrogens is 276 g/mol. The van der Waals surface area contributed by atoms with E-state index in [2.05, 4.69) is 16.7 Å². The van der Waals surface area contributed by atoms with Crippen LogP contribution in [0.2, 0.25) is 0 Å². The van der Waals surface area contributed by atoms with Crippen molar-refractivity contribution in [2.45, 2.75) is 46.6 Å². The average Bonchev–Trinajstić information content (AvgIpc) is 3.01. The van der Waals surface area contributed by atoms with Crippen LogP contribution in [-0.2, 0) is 16.8 Å². The van der Waals surface area contributed by atoms with Crippen LogP contribution in [0.15, 0.2) is 0 Å². The molecule has 2 heterocycles. The van der Waals surface area contributed by atoms with Gasteiger partial charge in [-0.3, -0.25) is 4.68 Å². The summed E-state index contributed by atoms with van der Waals surface area (Å²) in [6, 6.07) is 0. The molecule has 0 radical (unpaired) electrons. The van der Waals surface area contributed by atoms with E-state index in [0.717, 1.165) is 37.2 Å². The summed E-state index contributed by atoms with van der Waals surface area (Å²) in [4.78, 5) is 0. The number of nitrogens with zero attached hydrogens (tertiary/aromatic N) is 3. The van der Waals surface area contributed by atoms with Gasteiger partial charge in [-0.2, -0.15) is 17.8 Å². The summed E-state index contributed by atoms with van der Waals surface area (Å²) >= 11 is 0. The lowest BCUT2D eigenvalue weighted by Crippen LogP contribution is -2.39. The second kappa shape index (κ2) is 6.24. The third-order valence-electron chi connectivity index (χ3n) is 3.98.